The van der Waals surface area contributed by atoms with E-state index in [1.165, 1.54) is 6.20 Å². The average Bonchev–Trinajstić information content (AvgIpc) is 2.81. The van der Waals surface area contributed by atoms with Crippen molar-refractivity contribution < 1.29 is 18.0 Å². The molecule has 0 saturated heterocycles. The Hall–Kier alpha value is -1.53. The Bertz CT molecular complexity index is 394. The molecule has 0 radical (unpaired) electrons. The van der Waals surface area contributed by atoms with Crippen molar-refractivity contribution in [2.75, 3.05) is 5.32 Å². The van der Waals surface area contributed by atoms with Crippen LogP contribution in [0.25, 0.3) is 0 Å². The van der Waals surface area contributed by atoms with Crippen molar-refractivity contribution >= 4 is 11.9 Å². The standard InChI is InChI=1S/C11H14F3N3O/c12-11(13,14)8-3-1-7(2-4-8)9(18)17-10-15-5-6-16-10/h5-8H,1-4H2,(H2,15,16,17,18). The monoisotopic (exact) mass is 261 g/mol. The van der Waals surface area contributed by atoms with E-state index in [2.05, 4.69) is 15.3 Å². The van der Waals surface area contributed by atoms with E-state index in [9.17, 15) is 18.0 Å². The molecule has 1 aromatic heterocycles. The number of nitrogens with zero attached hydrogens (tertiary/aromatic N) is 1. The molecule has 0 unspecified atom stereocenters. The second-order valence-electron chi connectivity index (χ2n) is 4.52. The Morgan fingerprint density at radius 3 is 2.50 bits per heavy atom. The molecular formula is C11H14F3N3O. The third-order valence-electron chi connectivity index (χ3n) is 3.30. The number of halogens is 3. The van der Waals surface area contributed by atoms with Crippen LogP contribution in [-0.4, -0.2) is 22.1 Å². The Morgan fingerprint density at radius 1 is 1.33 bits per heavy atom. The molecule has 1 saturated carbocycles. The second kappa shape index (κ2) is 4.99. The molecule has 0 bridgehead atoms. The number of alkyl halides is 3. The number of aromatic nitrogens is 2. The first-order valence-corrected chi connectivity index (χ1v) is 5.84. The molecule has 7 heteroatoms. The number of aromatic amines is 1. The van der Waals surface area contributed by atoms with Crippen molar-refractivity contribution in [1.29, 1.82) is 0 Å². The van der Waals surface area contributed by atoms with Crippen LogP contribution in [0.3, 0.4) is 0 Å². The molecule has 1 heterocycles. The van der Waals surface area contributed by atoms with Gasteiger partial charge in [0.05, 0.1) is 5.92 Å². The summed E-state index contributed by atoms with van der Waals surface area (Å²) in [4.78, 5) is 18.3. The molecule has 1 aromatic rings. The van der Waals surface area contributed by atoms with Gasteiger partial charge in [-0.3, -0.25) is 10.1 Å². The quantitative estimate of drug-likeness (QED) is 0.860. The predicted molar refractivity (Wildman–Crippen MR) is 58.7 cm³/mol. The first-order valence-electron chi connectivity index (χ1n) is 5.84. The fourth-order valence-corrected chi connectivity index (χ4v) is 2.24. The predicted octanol–water partition coefficient (Wildman–Crippen LogP) is 2.72. The molecule has 18 heavy (non-hydrogen) atoms. The number of hydrogen-bond donors (Lipinski definition) is 2. The minimum Gasteiger partial charge on any atom is -0.331 e. The first-order chi connectivity index (χ1) is 8.47. The minimum absolute atomic E-state index is 0.0275. The van der Waals surface area contributed by atoms with E-state index in [-0.39, 0.29) is 37.5 Å². The highest BCUT2D eigenvalue weighted by molar-refractivity contribution is 5.90. The number of amides is 1. The zero-order chi connectivity index (χ0) is 13.2. The van der Waals surface area contributed by atoms with Crippen LogP contribution in [0.2, 0.25) is 0 Å². The van der Waals surface area contributed by atoms with Gasteiger partial charge in [-0.15, -0.1) is 0 Å². The first kappa shape index (κ1) is 12.9. The van der Waals surface area contributed by atoms with Crippen molar-refractivity contribution in [2.24, 2.45) is 11.8 Å². The normalized spacial score (nSPS) is 24.8. The van der Waals surface area contributed by atoms with Crippen LogP contribution < -0.4 is 5.32 Å². The van der Waals surface area contributed by atoms with E-state index in [1.54, 1.807) is 6.20 Å². The number of hydrogen-bond acceptors (Lipinski definition) is 2. The van der Waals surface area contributed by atoms with Gasteiger partial charge in [-0.05, 0) is 25.7 Å². The maximum atomic E-state index is 12.5. The van der Waals surface area contributed by atoms with E-state index in [0.29, 0.717) is 5.95 Å². The molecule has 0 atom stereocenters. The molecular weight excluding hydrogens is 247 g/mol. The summed E-state index contributed by atoms with van der Waals surface area (Å²) in [6.45, 7) is 0. The lowest BCUT2D eigenvalue weighted by Crippen LogP contribution is -2.32. The minimum atomic E-state index is -4.14. The summed E-state index contributed by atoms with van der Waals surface area (Å²) in [5.74, 6) is -1.54. The van der Waals surface area contributed by atoms with E-state index in [4.69, 9.17) is 0 Å². The molecule has 2 N–H and O–H groups in total. The highest BCUT2D eigenvalue weighted by atomic mass is 19.4. The van der Waals surface area contributed by atoms with Crippen LogP contribution >= 0.6 is 0 Å². The molecule has 0 aromatic carbocycles. The van der Waals surface area contributed by atoms with Gasteiger partial charge in [-0.2, -0.15) is 13.2 Å². The summed E-state index contributed by atoms with van der Waals surface area (Å²) in [5, 5.41) is 2.56. The largest absolute Gasteiger partial charge is 0.391 e. The van der Waals surface area contributed by atoms with Crippen LogP contribution in [-0.2, 0) is 4.79 Å². The summed E-state index contributed by atoms with van der Waals surface area (Å²) in [6, 6.07) is 0. The van der Waals surface area contributed by atoms with Crippen molar-refractivity contribution in [3.63, 3.8) is 0 Å². The molecule has 1 amide bonds. The molecule has 100 valence electrons. The smallest absolute Gasteiger partial charge is 0.331 e. The number of carbonyl (C=O) groups excluding carboxylic acids is 1. The lowest BCUT2D eigenvalue weighted by atomic mass is 9.81. The van der Waals surface area contributed by atoms with Crippen LogP contribution in [0.4, 0.5) is 19.1 Å². The van der Waals surface area contributed by atoms with Gasteiger partial charge in [-0.25, -0.2) is 4.98 Å². The molecule has 0 aliphatic heterocycles. The zero-order valence-corrected chi connectivity index (χ0v) is 9.63. The molecule has 4 nitrogen and oxygen atoms in total. The maximum absolute atomic E-state index is 12.5. The third-order valence-corrected chi connectivity index (χ3v) is 3.30. The zero-order valence-electron chi connectivity index (χ0n) is 9.63. The number of nitrogens with one attached hydrogen (secondary N) is 2. The molecule has 1 aliphatic carbocycles. The average molecular weight is 261 g/mol. The summed E-state index contributed by atoms with van der Waals surface area (Å²) in [5.41, 5.74) is 0. The molecule has 0 spiro atoms. The van der Waals surface area contributed by atoms with Gasteiger partial charge in [0.2, 0.25) is 11.9 Å². The van der Waals surface area contributed by atoms with E-state index >= 15 is 0 Å². The lowest BCUT2D eigenvalue weighted by Gasteiger charge is -2.28. The number of rotatable bonds is 2. The SMILES string of the molecule is O=C(Nc1ncc[nH]1)C1CCC(C(F)(F)F)CC1. The Balaban J connectivity index is 1.84. The summed E-state index contributed by atoms with van der Waals surface area (Å²) < 4.78 is 37.4. The molecule has 1 fully saturated rings. The van der Waals surface area contributed by atoms with E-state index < -0.39 is 12.1 Å². The Kier molecular flexibility index (Phi) is 3.58. The fraction of sp³-hybridized carbons (Fsp3) is 0.636. The van der Waals surface area contributed by atoms with Gasteiger partial charge in [0.15, 0.2) is 0 Å². The van der Waals surface area contributed by atoms with Crippen molar-refractivity contribution in [1.82, 2.24) is 9.97 Å². The fourth-order valence-electron chi connectivity index (χ4n) is 2.24. The van der Waals surface area contributed by atoms with Gasteiger partial charge < -0.3 is 4.98 Å². The van der Waals surface area contributed by atoms with Crippen molar-refractivity contribution in [3.8, 4) is 0 Å². The van der Waals surface area contributed by atoms with Crippen LogP contribution in [0.5, 0.6) is 0 Å². The third kappa shape index (κ3) is 3.02. The van der Waals surface area contributed by atoms with Crippen molar-refractivity contribution in [2.45, 2.75) is 31.9 Å². The number of carbonyl (C=O) groups is 1. The van der Waals surface area contributed by atoms with Gasteiger partial charge >= 0.3 is 6.18 Å². The van der Waals surface area contributed by atoms with Gasteiger partial charge in [-0.1, -0.05) is 0 Å². The highest BCUT2D eigenvalue weighted by Crippen LogP contribution is 2.39. The molecule has 2 rings (SSSR count). The van der Waals surface area contributed by atoms with Crippen LogP contribution in [0.15, 0.2) is 12.4 Å². The number of H-pyrrole nitrogens is 1. The van der Waals surface area contributed by atoms with E-state index in [1.807, 2.05) is 0 Å². The summed E-state index contributed by atoms with van der Waals surface area (Å²) in [7, 11) is 0. The summed E-state index contributed by atoms with van der Waals surface area (Å²) >= 11 is 0. The Morgan fingerprint density at radius 2 is 2.00 bits per heavy atom. The van der Waals surface area contributed by atoms with Gasteiger partial charge in [0.1, 0.15) is 0 Å². The summed E-state index contributed by atoms with van der Waals surface area (Å²) in [6.07, 6.45) is -0.471. The number of imidazole rings is 1. The molecule has 1 aliphatic rings. The van der Waals surface area contributed by atoms with Gasteiger partial charge in [0.25, 0.3) is 0 Å². The highest BCUT2D eigenvalue weighted by Gasteiger charge is 2.42. The van der Waals surface area contributed by atoms with Gasteiger partial charge in [0, 0.05) is 18.3 Å². The van der Waals surface area contributed by atoms with Crippen LogP contribution in [0, 0.1) is 11.8 Å². The lowest BCUT2D eigenvalue weighted by molar-refractivity contribution is -0.184. The maximum Gasteiger partial charge on any atom is 0.391 e. The second-order valence-corrected chi connectivity index (χ2v) is 4.52. The van der Waals surface area contributed by atoms with Crippen molar-refractivity contribution in [3.05, 3.63) is 12.4 Å². The number of anilines is 1. The van der Waals surface area contributed by atoms with E-state index in [0.717, 1.165) is 0 Å². The topological polar surface area (TPSA) is 57.8 Å². The van der Waals surface area contributed by atoms with Crippen LogP contribution in [0.1, 0.15) is 25.7 Å². The Labute approximate surface area is 102 Å².